The minimum Gasteiger partial charge on any atom is -0.342 e. The summed E-state index contributed by atoms with van der Waals surface area (Å²) in [5, 5.41) is 0.934. The number of unbranched alkanes of at least 4 members (excludes halogenated alkanes) is 2. The molecule has 0 N–H and O–H groups in total. The van der Waals surface area contributed by atoms with Crippen molar-refractivity contribution in [3.8, 4) is 0 Å². The van der Waals surface area contributed by atoms with E-state index in [1.165, 1.54) is 17.0 Å². The van der Waals surface area contributed by atoms with Crippen LogP contribution >= 0.6 is 15.9 Å². The first kappa shape index (κ1) is 17.0. The van der Waals surface area contributed by atoms with Crippen LogP contribution in [0.5, 0.6) is 0 Å². The van der Waals surface area contributed by atoms with Crippen molar-refractivity contribution < 1.29 is 18.0 Å². The van der Waals surface area contributed by atoms with Gasteiger partial charge in [-0.25, -0.2) is 0 Å². The molecule has 20 heavy (non-hydrogen) atoms. The summed E-state index contributed by atoms with van der Waals surface area (Å²) in [6, 6.07) is 4.32. The third-order valence-electron chi connectivity index (χ3n) is 2.93. The molecule has 2 nitrogen and oxygen atoms in total. The highest BCUT2D eigenvalue weighted by Crippen LogP contribution is 2.29. The lowest BCUT2D eigenvalue weighted by Gasteiger charge is -2.17. The Labute approximate surface area is 125 Å². The number of hydrogen-bond acceptors (Lipinski definition) is 1. The van der Waals surface area contributed by atoms with E-state index in [1.54, 1.807) is 7.05 Å². The molecule has 6 heteroatoms. The number of halogens is 4. The third kappa shape index (κ3) is 5.15. The molecule has 1 aromatic carbocycles. The van der Waals surface area contributed by atoms with Crippen LogP contribution in [0.1, 0.15) is 35.2 Å². The molecule has 0 aliphatic rings. The van der Waals surface area contributed by atoms with Crippen LogP contribution in [-0.4, -0.2) is 29.7 Å². The maximum atomic E-state index is 12.4. The molecular weight excluding hydrogens is 335 g/mol. The number of carbonyl (C=O) groups excluding carboxylic acids is 1. The van der Waals surface area contributed by atoms with Crippen molar-refractivity contribution in [2.24, 2.45) is 0 Å². The van der Waals surface area contributed by atoms with Gasteiger partial charge in [0.15, 0.2) is 0 Å². The number of alkyl halides is 4. The SMILES string of the molecule is CN(CCCCCBr)C(=O)c1ccc(C(F)(F)F)cc1. The van der Waals surface area contributed by atoms with Crippen LogP contribution in [0.15, 0.2) is 24.3 Å². The van der Waals surface area contributed by atoms with Gasteiger partial charge in [-0.05, 0) is 37.1 Å². The fraction of sp³-hybridized carbons (Fsp3) is 0.500. The van der Waals surface area contributed by atoms with Crippen LogP contribution in [-0.2, 0) is 6.18 Å². The molecule has 0 aliphatic heterocycles. The van der Waals surface area contributed by atoms with Crippen LogP contribution in [0.4, 0.5) is 13.2 Å². The Kier molecular flexibility index (Phi) is 6.52. The molecule has 0 aliphatic carbocycles. The molecule has 1 aromatic rings. The van der Waals surface area contributed by atoms with E-state index in [1.807, 2.05) is 0 Å². The average molecular weight is 352 g/mol. The zero-order valence-corrected chi connectivity index (χ0v) is 12.8. The Morgan fingerprint density at radius 2 is 1.75 bits per heavy atom. The van der Waals surface area contributed by atoms with Crippen molar-refractivity contribution in [1.82, 2.24) is 4.90 Å². The Morgan fingerprint density at radius 3 is 2.25 bits per heavy atom. The average Bonchev–Trinajstić information content (AvgIpc) is 2.41. The summed E-state index contributed by atoms with van der Waals surface area (Å²) in [4.78, 5) is 13.5. The molecule has 1 amide bonds. The van der Waals surface area contributed by atoms with Gasteiger partial charge in [-0.15, -0.1) is 0 Å². The Morgan fingerprint density at radius 1 is 1.15 bits per heavy atom. The van der Waals surface area contributed by atoms with Crippen molar-refractivity contribution in [1.29, 1.82) is 0 Å². The van der Waals surface area contributed by atoms with Gasteiger partial charge in [-0.1, -0.05) is 22.4 Å². The van der Waals surface area contributed by atoms with Gasteiger partial charge in [0, 0.05) is 24.5 Å². The largest absolute Gasteiger partial charge is 0.416 e. The quantitative estimate of drug-likeness (QED) is 0.551. The van der Waals surface area contributed by atoms with Gasteiger partial charge >= 0.3 is 6.18 Å². The minimum atomic E-state index is -4.37. The minimum absolute atomic E-state index is 0.252. The van der Waals surface area contributed by atoms with E-state index >= 15 is 0 Å². The molecule has 0 radical (unpaired) electrons. The topological polar surface area (TPSA) is 20.3 Å². The van der Waals surface area contributed by atoms with Crippen LogP contribution in [0, 0.1) is 0 Å². The van der Waals surface area contributed by atoms with E-state index in [0.717, 1.165) is 36.7 Å². The fourth-order valence-electron chi connectivity index (χ4n) is 1.74. The van der Waals surface area contributed by atoms with Gasteiger partial charge in [0.25, 0.3) is 5.91 Å². The van der Waals surface area contributed by atoms with E-state index in [-0.39, 0.29) is 11.5 Å². The summed E-state index contributed by atoms with van der Waals surface area (Å²) >= 11 is 3.33. The highest BCUT2D eigenvalue weighted by atomic mass is 79.9. The second-order valence-electron chi connectivity index (χ2n) is 4.55. The van der Waals surface area contributed by atoms with Crippen molar-refractivity contribution in [3.05, 3.63) is 35.4 Å². The molecule has 0 bridgehead atoms. The standard InChI is InChI=1S/C14H17BrF3NO/c1-19(10-4-2-3-9-15)13(20)11-5-7-12(8-6-11)14(16,17)18/h5-8H,2-4,9-10H2,1H3. The first-order valence-corrected chi connectivity index (χ1v) is 7.47. The predicted molar refractivity (Wildman–Crippen MR) is 76.0 cm³/mol. The van der Waals surface area contributed by atoms with Crippen LogP contribution in [0.25, 0.3) is 0 Å². The molecule has 0 aromatic heterocycles. The second-order valence-corrected chi connectivity index (χ2v) is 5.34. The van der Waals surface area contributed by atoms with Crippen molar-refractivity contribution >= 4 is 21.8 Å². The highest BCUT2D eigenvalue weighted by molar-refractivity contribution is 9.09. The molecule has 0 spiro atoms. The van der Waals surface area contributed by atoms with Gasteiger partial charge in [-0.3, -0.25) is 4.79 Å². The zero-order chi connectivity index (χ0) is 15.2. The molecule has 0 atom stereocenters. The van der Waals surface area contributed by atoms with Gasteiger partial charge in [0.05, 0.1) is 5.56 Å². The van der Waals surface area contributed by atoms with Crippen molar-refractivity contribution in [3.63, 3.8) is 0 Å². The monoisotopic (exact) mass is 351 g/mol. The first-order chi connectivity index (χ1) is 9.36. The zero-order valence-electron chi connectivity index (χ0n) is 11.2. The van der Waals surface area contributed by atoms with E-state index in [4.69, 9.17) is 0 Å². The van der Waals surface area contributed by atoms with E-state index in [2.05, 4.69) is 15.9 Å². The smallest absolute Gasteiger partial charge is 0.342 e. The van der Waals surface area contributed by atoms with E-state index < -0.39 is 11.7 Å². The van der Waals surface area contributed by atoms with Gasteiger partial charge in [-0.2, -0.15) is 13.2 Å². The molecule has 1 rings (SSSR count). The van der Waals surface area contributed by atoms with E-state index in [0.29, 0.717) is 6.54 Å². The Bertz CT molecular complexity index is 431. The fourth-order valence-corrected chi connectivity index (χ4v) is 2.14. The number of rotatable bonds is 6. The van der Waals surface area contributed by atoms with Crippen molar-refractivity contribution in [2.45, 2.75) is 25.4 Å². The lowest BCUT2D eigenvalue weighted by atomic mass is 10.1. The summed E-state index contributed by atoms with van der Waals surface area (Å²) in [5.74, 6) is -0.252. The van der Waals surface area contributed by atoms with Crippen molar-refractivity contribution in [2.75, 3.05) is 18.9 Å². The molecular formula is C14H17BrF3NO. The summed E-state index contributed by atoms with van der Waals surface area (Å²) < 4.78 is 37.3. The van der Waals surface area contributed by atoms with Gasteiger partial charge < -0.3 is 4.90 Å². The summed E-state index contributed by atoms with van der Waals surface area (Å²) in [5.41, 5.74) is -0.463. The molecule has 0 saturated carbocycles. The molecule has 0 saturated heterocycles. The summed E-state index contributed by atoms with van der Waals surface area (Å²) in [7, 11) is 1.66. The maximum Gasteiger partial charge on any atom is 0.416 e. The normalized spacial score (nSPS) is 11.4. The van der Waals surface area contributed by atoms with Crippen LogP contribution in [0.2, 0.25) is 0 Å². The lowest BCUT2D eigenvalue weighted by molar-refractivity contribution is -0.137. The molecule has 0 heterocycles. The third-order valence-corrected chi connectivity index (χ3v) is 3.49. The number of hydrogen-bond donors (Lipinski definition) is 0. The van der Waals surface area contributed by atoms with Gasteiger partial charge in [0.2, 0.25) is 0 Å². The first-order valence-electron chi connectivity index (χ1n) is 6.35. The molecule has 0 unspecified atom stereocenters. The van der Waals surface area contributed by atoms with Gasteiger partial charge in [0.1, 0.15) is 0 Å². The van der Waals surface area contributed by atoms with Crippen LogP contribution < -0.4 is 0 Å². The van der Waals surface area contributed by atoms with E-state index in [9.17, 15) is 18.0 Å². The molecule has 112 valence electrons. The number of amides is 1. The second kappa shape index (κ2) is 7.67. The predicted octanol–water partition coefficient (Wildman–Crippen LogP) is 4.34. The summed E-state index contributed by atoms with van der Waals surface area (Å²) in [6.45, 7) is 0.604. The number of nitrogens with zero attached hydrogens (tertiary/aromatic N) is 1. The van der Waals surface area contributed by atoms with Crippen LogP contribution in [0.3, 0.4) is 0 Å². The number of carbonyl (C=O) groups is 1. The summed E-state index contributed by atoms with van der Waals surface area (Å²) in [6.07, 6.45) is -1.43. The highest BCUT2D eigenvalue weighted by Gasteiger charge is 2.30. The lowest BCUT2D eigenvalue weighted by Crippen LogP contribution is -2.27. The Balaban J connectivity index is 2.59. The number of benzene rings is 1. The molecule has 0 fully saturated rings. The Hall–Kier alpha value is -1.04. The maximum absolute atomic E-state index is 12.4.